The van der Waals surface area contributed by atoms with E-state index in [0.29, 0.717) is 12.8 Å². The normalized spacial score (nSPS) is 12.0. The molecule has 24 heavy (non-hydrogen) atoms. The van der Waals surface area contributed by atoms with Crippen molar-refractivity contribution in [2.45, 2.75) is 40.5 Å². The minimum atomic E-state index is -3.93. The molecule has 140 valence electrons. The van der Waals surface area contributed by atoms with Crippen LogP contribution in [0.25, 0.3) is 0 Å². The van der Waals surface area contributed by atoms with E-state index >= 15 is 0 Å². The van der Waals surface area contributed by atoms with Crippen LogP contribution in [0.15, 0.2) is 0 Å². The van der Waals surface area contributed by atoms with E-state index in [1.165, 1.54) is 20.8 Å². The van der Waals surface area contributed by atoms with Crippen molar-refractivity contribution in [1.29, 1.82) is 0 Å². The zero-order valence-electron chi connectivity index (χ0n) is 14.6. The Balaban J connectivity index is 4.13. The van der Waals surface area contributed by atoms with Crippen LogP contribution in [0.1, 0.15) is 40.5 Å². The van der Waals surface area contributed by atoms with Crippen molar-refractivity contribution >= 4 is 27.7 Å². The second-order valence-electron chi connectivity index (χ2n) is 5.55. The number of carbonyl (C=O) groups excluding carboxylic acids is 3. The summed E-state index contributed by atoms with van der Waals surface area (Å²) < 4.78 is 38.1. The average Bonchev–Trinajstić information content (AvgIpc) is 2.48. The molecule has 8 nitrogen and oxygen atoms in total. The van der Waals surface area contributed by atoms with Gasteiger partial charge in [0.15, 0.2) is 0 Å². The van der Waals surface area contributed by atoms with Gasteiger partial charge in [-0.05, 0) is 27.2 Å². The summed E-state index contributed by atoms with van der Waals surface area (Å²) in [7, 11) is -3.93. The lowest BCUT2D eigenvalue weighted by molar-refractivity contribution is -0.145. The van der Waals surface area contributed by atoms with Gasteiger partial charge in [-0.1, -0.05) is 6.92 Å². The van der Waals surface area contributed by atoms with Gasteiger partial charge in [0.2, 0.25) is 0 Å². The molecule has 0 aliphatic heterocycles. The fraction of sp³-hybridized carbons (Fsp3) is 0.800. The van der Waals surface area contributed by atoms with Crippen LogP contribution in [0.4, 0.5) is 0 Å². The molecule has 0 aromatic rings. The Morgan fingerprint density at radius 2 is 1.58 bits per heavy atom. The van der Waals surface area contributed by atoms with Gasteiger partial charge >= 0.3 is 5.97 Å². The Labute approximate surface area is 143 Å². The molecule has 0 aromatic heterocycles. The fourth-order valence-corrected chi connectivity index (χ4v) is 2.33. The number of Topliss-reactive ketones (excluding diaryl/α,β-unsaturated/α-hetero) is 2. The lowest BCUT2D eigenvalue weighted by atomic mass is 9.83. The van der Waals surface area contributed by atoms with Crippen LogP contribution in [0.2, 0.25) is 0 Å². The van der Waals surface area contributed by atoms with Gasteiger partial charge in [-0.25, -0.2) is 0 Å². The Morgan fingerprint density at radius 1 is 1.00 bits per heavy atom. The predicted octanol–water partition coefficient (Wildman–Crippen LogP) is 0.877. The summed E-state index contributed by atoms with van der Waals surface area (Å²) in [4.78, 5) is 34.1. The van der Waals surface area contributed by atoms with Gasteiger partial charge in [-0.3, -0.25) is 18.6 Å². The summed E-state index contributed by atoms with van der Waals surface area (Å²) in [5, 5.41) is 0. The van der Waals surface area contributed by atoms with Crippen molar-refractivity contribution in [1.82, 2.24) is 0 Å². The molecule has 0 spiro atoms. The highest BCUT2D eigenvalue weighted by atomic mass is 32.2. The molecule has 0 saturated carbocycles. The van der Waals surface area contributed by atoms with Crippen LogP contribution in [-0.2, 0) is 38.2 Å². The maximum Gasteiger partial charge on any atom is 0.305 e. The van der Waals surface area contributed by atoms with Crippen LogP contribution in [0, 0.1) is 5.41 Å². The number of rotatable bonds is 13. The molecule has 0 fully saturated rings. The number of carbonyl (C=O) groups is 3. The molecule has 9 heteroatoms. The number of hydrogen-bond donors (Lipinski definition) is 0. The third kappa shape index (κ3) is 8.51. The molecule has 0 aromatic carbocycles. The van der Waals surface area contributed by atoms with Crippen molar-refractivity contribution in [3.63, 3.8) is 0 Å². The van der Waals surface area contributed by atoms with Crippen molar-refractivity contribution in [3.05, 3.63) is 0 Å². The Bertz CT molecular complexity index is 524. The van der Waals surface area contributed by atoms with Crippen LogP contribution in [0.5, 0.6) is 0 Å². The Hall–Kier alpha value is -1.32. The summed E-state index contributed by atoms with van der Waals surface area (Å²) in [5.74, 6) is -1.68. The Kier molecular flexibility index (Phi) is 9.95. The van der Waals surface area contributed by atoms with Gasteiger partial charge in [-0.15, -0.1) is 0 Å². The smallest absolute Gasteiger partial charge is 0.305 e. The SMILES string of the molecule is CCCC(=O)OCCOCCS(=O)(=O)OCC(C)(C(C)=O)C(C)=O. The molecule has 0 saturated heterocycles. The van der Waals surface area contributed by atoms with Crippen molar-refractivity contribution in [2.24, 2.45) is 5.41 Å². The fourth-order valence-electron chi connectivity index (χ4n) is 1.47. The number of ether oxygens (including phenoxy) is 2. The monoisotopic (exact) mass is 366 g/mol. The maximum atomic E-state index is 11.7. The molecule has 0 radical (unpaired) electrons. The lowest BCUT2D eigenvalue weighted by Crippen LogP contribution is -2.39. The van der Waals surface area contributed by atoms with Gasteiger partial charge in [-0.2, -0.15) is 8.42 Å². The third-order valence-corrected chi connectivity index (χ3v) is 4.65. The minimum absolute atomic E-state index is 0.0481. The first-order chi connectivity index (χ1) is 11.0. The molecular formula is C15H26O8S. The molecule has 0 unspecified atom stereocenters. The molecule has 0 N–H and O–H groups in total. The first kappa shape index (κ1) is 22.7. The molecular weight excluding hydrogens is 340 g/mol. The summed E-state index contributed by atoms with van der Waals surface area (Å²) in [6.07, 6.45) is 1.02. The summed E-state index contributed by atoms with van der Waals surface area (Å²) in [6, 6.07) is 0. The van der Waals surface area contributed by atoms with Crippen LogP contribution < -0.4 is 0 Å². The second kappa shape index (κ2) is 10.5. The van der Waals surface area contributed by atoms with Crippen molar-refractivity contribution in [2.75, 3.05) is 32.2 Å². The van der Waals surface area contributed by atoms with Gasteiger partial charge in [0, 0.05) is 6.42 Å². The third-order valence-electron chi connectivity index (χ3n) is 3.50. The zero-order valence-corrected chi connectivity index (χ0v) is 15.4. The van der Waals surface area contributed by atoms with E-state index in [0.717, 1.165) is 0 Å². The van der Waals surface area contributed by atoms with E-state index in [1.807, 2.05) is 6.92 Å². The quantitative estimate of drug-likeness (QED) is 0.204. The topological polar surface area (TPSA) is 113 Å². The molecule has 0 bridgehead atoms. The van der Waals surface area contributed by atoms with E-state index in [1.54, 1.807) is 0 Å². The van der Waals surface area contributed by atoms with Crippen molar-refractivity contribution < 1.29 is 36.5 Å². The summed E-state index contributed by atoms with van der Waals surface area (Å²) in [6.45, 7) is 5.05. The van der Waals surface area contributed by atoms with Crippen LogP contribution >= 0.6 is 0 Å². The van der Waals surface area contributed by atoms with Crippen LogP contribution in [0.3, 0.4) is 0 Å². The largest absolute Gasteiger partial charge is 0.463 e. The molecule has 0 atom stereocenters. The first-order valence-corrected chi connectivity index (χ1v) is 9.25. The number of hydrogen-bond acceptors (Lipinski definition) is 8. The minimum Gasteiger partial charge on any atom is -0.463 e. The van der Waals surface area contributed by atoms with Gasteiger partial charge in [0.1, 0.15) is 23.6 Å². The second-order valence-corrected chi connectivity index (χ2v) is 7.31. The highest BCUT2D eigenvalue weighted by molar-refractivity contribution is 7.86. The first-order valence-electron chi connectivity index (χ1n) is 7.67. The van der Waals surface area contributed by atoms with Gasteiger partial charge < -0.3 is 9.47 Å². The van der Waals surface area contributed by atoms with Crippen molar-refractivity contribution in [3.8, 4) is 0 Å². The average molecular weight is 366 g/mol. The van der Waals surface area contributed by atoms with Crippen LogP contribution in [-0.4, -0.2) is 58.1 Å². The molecule has 0 aliphatic carbocycles. The van der Waals surface area contributed by atoms with E-state index in [2.05, 4.69) is 0 Å². The van der Waals surface area contributed by atoms with E-state index in [9.17, 15) is 22.8 Å². The molecule has 0 heterocycles. The Morgan fingerprint density at radius 3 is 2.08 bits per heavy atom. The molecule has 0 rings (SSSR count). The van der Waals surface area contributed by atoms with Gasteiger partial charge in [0.05, 0.1) is 25.6 Å². The maximum absolute atomic E-state index is 11.7. The lowest BCUT2D eigenvalue weighted by Gasteiger charge is -2.22. The molecule has 0 aliphatic rings. The van der Waals surface area contributed by atoms with E-state index in [4.69, 9.17) is 13.7 Å². The molecule has 0 amide bonds. The van der Waals surface area contributed by atoms with Gasteiger partial charge in [0.25, 0.3) is 10.1 Å². The summed E-state index contributed by atoms with van der Waals surface area (Å²) in [5.41, 5.74) is -1.48. The standard InChI is InChI=1S/C15H26O8S/c1-5-6-14(18)22-8-7-21-9-10-24(19,20)23-11-15(4,12(2)16)13(3)17/h5-11H2,1-4H3. The highest BCUT2D eigenvalue weighted by Crippen LogP contribution is 2.20. The van der Waals surface area contributed by atoms with E-state index in [-0.39, 0.29) is 25.8 Å². The number of ketones is 2. The summed E-state index contributed by atoms with van der Waals surface area (Å²) >= 11 is 0. The predicted molar refractivity (Wildman–Crippen MR) is 85.9 cm³/mol. The zero-order chi connectivity index (χ0) is 18.8. The van der Waals surface area contributed by atoms with E-state index < -0.39 is 39.5 Å². The number of esters is 1. The highest BCUT2D eigenvalue weighted by Gasteiger charge is 2.37.